The first-order chi connectivity index (χ1) is 6.86. The third-order valence-corrected chi connectivity index (χ3v) is 1.76. The van der Waals surface area contributed by atoms with Crippen molar-refractivity contribution in [3.05, 3.63) is 29.6 Å². The molecule has 0 aromatic carbocycles. The molecule has 0 aliphatic carbocycles. The minimum atomic E-state index is 0.464. The van der Waals surface area contributed by atoms with Crippen LogP contribution in [0, 0.1) is 0 Å². The predicted molar refractivity (Wildman–Crippen MR) is 53.7 cm³/mol. The van der Waals surface area contributed by atoms with Gasteiger partial charge in [0.2, 0.25) is 0 Å². The Bertz CT molecular complexity index is 266. The second-order valence-electron chi connectivity index (χ2n) is 2.87. The van der Waals surface area contributed by atoms with Crippen LogP contribution in [0.15, 0.2) is 18.2 Å². The van der Waals surface area contributed by atoms with Gasteiger partial charge in [0.1, 0.15) is 0 Å². The van der Waals surface area contributed by atoms with Crippen LogP contribution in [0.5, 0.6) is 0 Å². The van der Waals surface area contributed by atoms with Crippen LogP contribution in [0.4, 0.5) is 0 Å². The van der Waals surface area contributed by atoms with E-state index in [9.17, 15) is 0 Å². The van der Waals surface area contributed by atoms with Crippen molar-refractivity contribution in [1.82, 2.24) is 4.98 Å². The number of methoxy groups -OCH3 is 1. The predicted octanol–water partition coefficient (Wildman–Crippen LogP) is 0.703. The average Bonchev–Trinajstić information content (AvgIpc) is 2.25. The molecule has 0 saturated heterocycles. The molecule has 0 bridgehead atoms. The molecule has 0 unspecified atom stereocenters. The van der Waals surface area contributed by atoms with Gasteiger partial charge in [-0.15, -0.1) is 0 Å². The maximum Gasteiger partial charge on any atom is 0.0889 e. The molecule has 4 nitrogen and oxygen atoms in total. The van der Waals surface area contributed by atoms with Crippen molar-refractivity contribution in [2.45, 2.75) is 13.2 Å². The molecule has 1 aromatic heterocycles. The number of rotatable bonds is 6. The second-order valence-corrected chi connectivity index (χ2v) is 2.87. The highest BCUT2D eigenvalue weighted by Gasteiger charge is 1.96. The third kappa shape index (κ3) is 3.83. The zero-order valence-electron chi connectivity index (χ0n) is 8.40. The zero-order chi connectivity index (χ0) is 10.2. The van der Waals surface area contributed by atoms with Crippen molar-refractivity contribution < 1.29 is 9.47 Å². The van der Waals surface area contributed by atoms with Crippen LogP contribution in [0.1, 0.15) is 11.4 Å². The fraction of sp³-hybridized carbons (Fsp3) is 0.500. The van der Waals surface area contributed by atoms with Gasteiger partial charge in [-0.05, 0) is 12.1 Å². The molecule has 0 atom stereocenters. The first-order valence-corrected chi connectivity index (χ1v) is 4.58. The summed E-state index contributed by atoms with van der Waals surface area (Å²) >= 11 is 0. The van der Waals surface area contributed by atoms with E-state index in [1.54, 1.807) is 7.11 Å². The molecular formula is C10H16N2O2. The van der Waals surface area contributed by atoms with Crippen molar-refractivity contribution in [1.29, 1.82) is 0 Å². The molecule has 14 heavy (non-hydrogen) atoms. The number of nitrogens with zero attached hydrogens (tertiary/aromatic N) is 1. The molecule has 1 aromatic rings. The summed E-state index contributed by atoms with van der Waals surface area (Å²) in [4.78, 5) is 4.30. The number of ether oxygens (including phenoxy) is 2. The Morgan fingerprint density at radius 2 is 2.07 bits per heavy atom. The lowest BCUT2D eigenvalue weighted by Gasteiger charge is -2.04. The zero-order valence-corrected chi connectivity index (χ0v) is 8.40. The molecule has 1 rings (SSSR count). The minimum Gasteiger partial charge on any atom is -0.382 e. The van der Waals surface area contributed by atoms with E-state index in [4.69, 9.17) is 15.2 Å². The maximum absolute atomic E-state index is 5.47. The lowest BCUT2D eigenvalue weighted by atomic mass is 10.3. The molecule has 0 radical (unpaired) electrons. The summed E-state index contributed by atoms with van der Waals surface area (Å²) in [5.74, 6) is 0. The molecule has 2 N–H and O–H groups in total. The van der Waals surface area contributed by atoms with E-state index in [1.807, 2.05) is 18.2 Å². The number of hydrogen-bond donors (Lipinski definition) is 1. The molecule has 0 amide bonds. The Balaban J connectivity index is 2.34. The standard InChI is InChI=1S/C10H16N2O2/c1-13-5-6-14-8-10-4-2-3-9(7-11)12-10/h2-4H,5-8,11H2,1H3. The Labute approximate surface area is 84.0 Å². The fourth-order valence-electron chi connectivity index (χ4n) is 1.04. The summed E-state index contributed by atoms with van der Waals surface area (Å²) in [6, 6.07) is 5.76. The monoisotopic (exact) mass is 196 g/mol. The van der Waals surface area contributed by atoms with Crippen LogP contribution in [0.25, 0.3) is 0 Å². The lowest BCUT2D eigenvalue weighted by Crippen LogP contribution is -2.05. The summed E-state index contributed by atoms with van der Waals surface area (Å²) in [5.41, 5.74) is 7.27. The van der Waals surface area contributed by atoms with E-state index in [0.717, 1.165) is 11.4 Å². The second kappa shape index (κ2) is 6.48. The van der Waals surface area contributed by atoms with Crippen LogP contribution in [-0.2, 0) is 22.6 Å². The lowest BCUT2D eigenvalue weighted by molar-refractivity contribution is 0.0601. The minimum absolute atomic E-state index is 0.464. The van der Waals surface area contributed by atoms with Gasteiger partial charge in [-0.3, -0.25) is 4.98 Å². The van der Waals surface area contributed by atoms with Gasteiger partial charge in [-0.1, -0.05) is 6.07 Å². The molecule has 1 heterocycles. The van der Waals surface area contributed by atoms with Crippen molar-refractivity contribution in [2.24, 2.45) is 5.73 Å². The van der Waals surface area contributed by atoms with E-state index in [0.29, 0.717) is 26.4 Å². The van der Waals surface area contributed by atoms with Crippen LogP contribution in [0.3, 0.4) is 0 Å². The highest BCUT2D eigenvalue weighted by molar-refractivity contribution is 5.10. The van der Waals surface area contributed by atoms with E-state index in [1.165, 1.54) is 0 Å². The highest BCUT2D eigenvalue weighted by Crippen LogP contribution is 2.00. The van der Waals surface area contributed by atoms with Crippen LogP contribution in [-0.4, -0.2) is 25.3 Å². The van der Waals surface area contributed by atoms with Crippen LogP contribution < -0.4 is 5.73 Å². The number of hydrogen-bond acceptors (Lipinski definition) is 4. The summed E-state index contributed by atoms with van der Waals surface area (Å²) in [7, 11) is 1.65. The fourth-order valence-corrected chi connectivity index (χ4v) is 1.04. The van der Waals surface area contributed by atoms with Gasteiger partial charge in [0.25, 0.3) is 0 Å². The smallest absolute Gasteiger partial charge is 0.0889 e. The van der Waals surface area contributed by atoms with E-state index in [-0.39, 0.29) is 0 Å². The van der Waals surface area contributed by atoms with E-state index < -0.39 is 0 Å². The first kappa shape index (κ1) is 11.1. The Morgan fingerprint density at radius 1 is 1.29 bits per heavy atom. The van der Waals surface area contributed by atoms with Gasteiger partial charge < -0.3 is 15.2 Å². The van der Waals surface area contributed by atoms with E-state index >= 15 is 0 Å². The third-order valence-electron chi connectivity index (χ3n) is 1.76. The number of pyridine rings is 1. The molecule has 0 aliphatic rings. The largest absolute Gasteiger partial charge is 0.382 e. The number of nitrogens with two attached hydrogens (primary N) is 1. The van der Waals surface area contributed by atoms with Crippen molar-refractivity contribution in [3.63, 3.8) is 0 Å². The van der Waals surface area contributed by atoms with Crippen molar-refractivity contribution in [2.75, 3.05) is 20.3 Å². The Morgan fingerprint density at radius 3 is 2.79 bits per heavy atom. The van der Waals surface area contributed by atoms with Crippen molar-refractivity contribution >= 4 is 0 Å². The van der Waals surface area contributed by atoms with Crippen LogP contribution in [0.2, 0.25) is 0 Å². The average molecular weight is 196 g/mol. The SMILES string of the molecule is COCCOCc1cccc(CN)n1. The molecule has 0 spiro atoms. The summed E-state index contributed by atoms with van der Waals surface area (Å²) < 4.78 is 10.2. The molecular weight excluding hydrogens is 180 g/mol. The highest BCUT2D eigenvalue weighted by atomic mass is 16.5. The van der Waals surface area contributed by atoms with Gasteiger partial charge >= 0.3 is 0 Å². The van der Waals surface area contributed by atoms with E-state index in [2.05, 4.69) is 4.98 Å². The van der Waals surface area contributed by atoms with Crippen LogP contribution >= 0.6 is 0 Å². The first-order valence-electron chi connectivity index (χ1n) is 4.58. The van der Waals surface area contributed by atoms with Crippen molar-refractivity contribution in [3.8, 4) is 0 Å². The topological polar surface area (TPSA) is 57.4 Å². The van der Waals surface area contributed by atoms with Gasteiger partial charge in [0.15, 0.2) is 0 Å². The Hall–Kier alpha value is -0.970. The molecule has 4 heteroatoms. The quantitative estimate of drug-likeness (QED) is 0.680. The van der Waals surface area contributed by atoms with Gasteiger partial charge in [-0.25, -0.2) is 0 Å². The normalized spacial score (nSPS) is 10.4. The summed E-state index contributed by atoms with van der Waals surface area (Å²) in [6.07, 6.45) is 0. The molecule has 0 aliphatic heterocycles. The molecule has 78 valence electrons. The molecule has 0 fully saturated rings. The summed E-state index contributed by atoms with van der Waals surface area (Å²) in [6.45, 7) is 2.17. The maximum atomic E-state index is 5.47. The Kier molecular flexibility index (Phi) is 5.14. The summed E-state index contributed by atoms with van der Waals surface area (Å²) in [5, 5.41) is 0. The van der Waals surface area contributed by atoms with Gasteiger partial charge in [0.05, 0.1) is 31.2 Å². The molecule has 0 saturated carbocycles. The number of aromatic nitrogens is 1. The van der Waals surface area contributed by atoms with Gasteiger partial charge in [-0.2, -0.15) is 0 Å². The van der Waals surface area contributed by atoms with Gasteiger partial charge in [0, 0.05) is 13.7 Å².